The van der Waals surface area contributed by atoms with Crippen LogP contribution in [0.25, 0.3) is 0 Å². The number of aryl methyl sites for hydroxylation is 1. The van der Waals surface area contributed by atoms with Crippen molar-refractivity contribution in [3.8, 4) is 0 Å². The van der Waals surface area contributed by atoms with Gasteiger partial charge >= 0.3 is 0 Å². The van der Waals surface area contributed by atoms with Gasteiger partial charge in [0, 0.05) is 12.6 Å². The van der Waals surface area contributed by atoms with Crippen LogP contribution in [0.5, 0.6) is 0 Å². The quantitative estimate of drug-likeness (QED) is 0.593. The molecule has 17 heavy (non-hydrogen) atoms. The highest BCUT2D eigenvalue weighted by Crippen LogP contribution is 2.14. The zero-order chi connectivity index (χ0) is 12.7. The van der Waals surface area contributed by atoms with Crippen LogP contribution in [0.15, 0.2) is 29.3 Å². The fourth-order valence-corrected chi connectivity index (χ4v) is 2.03. The van der Waals surface area contributed by atoms with Crippen LogP contribution in [0.4, 0.5) is 0 Å². The Labute approximate surface area is 104 Å². The monoisotopic (exact) mass is 233 g/mol. The average molecular weight is 233 g/mol. The van der Waals surface area contributed by atoms with Gasteiger partial charge in [0.1, 0.15) is 0 Å². The van der Waals surface area contributed by atoms with Gasteiger partial charge < -0.3 is 5.11 Å². The summed E-state index contributed by atoms with van der Waals surface area (Å²) < 4.78 is 0. The minimum absolute atomic E-state index is 0.437. The summed E-state index contributed by atoms with van der Waals surface area (Å²) in [6.07, 6.45) is 3.77. The molecule has 0 saturated heterocycles. The van der Waals surface area contributed by atoms with Crippen molar-refractivity contribution in [1.29, 1.82) is 0 Å². The first-order valence-corrected chi connectivity index (χ1v) is 6.41. The van der Waals surface area contributed by atoms with Crippen molar-refractivity contribution in [2.75, 3.05) is 7.05 Å². The second kappa shape index (κ2) is 7.23. The Balaban J connectivity index is 2.75. The lowest BCUT2D eigenvalue weighted by Gasteiger charge is -2.15. The second-order valence-corrected chi connectivity index (χ2v) is 4.44. The van der Waals surface area contributed by atoms with Crippen molar-refractivity contribution in [2.24, 2.45) is 4.99 Å². The number of rotatable bonds is 6. The number of hydrogen-bond donors (Lipinski definition) is 1. The van der Waals surface area contributed by atoms with E-state index in [2.05, 4.69) is 24.9 Å². The van der Waals surface area contributed by atoms with Gasteiger partial charge in [-0.3, -0.25) is 4.99 Å². The van der Waals surface area contributed by atoms with Crippen molar-refractivity contribution < 1.29 is 5.11 Å². The first kappa shape index (κ1) is 13.9. The number of nitrogens with zero attached hydrogens (tertiary/aromatic N) is 1. The SMILES string of the molecule is CCCCC[C@@H](O)/C(=N/C)c1ccccc1C. The van der Waals surface area contributed by atoms with Gasteiger partial charge in [0.2, 0.25) is 0 Å². The molecular weight excluding hydrogens is 210 g/mol. The minimum Gasteiger partial charge on any atom is -0.387 e. The largest absolute Gasteiger partial charge is 0.387 e. The smallest absolute Gasteiger partial charge is 0.0961 e. The summed E-state index contributed by atoms with van der Waals surface area (Å²) >= 11 is 0. The van der Waals surface area contributed by atoms with Crippen LogP contribution in [-0.4, -0.2) is 24.0 Å². The fraction of sp³-hybridized carbons (Fsp3) is 0.533. The highest BCUT2D eigenvalue weighted by atomic mass is 16.3. The summed E-state index contributed by atoms with van der Waals surface area (Å²) in [6, 6.07) is 8.09. The van der Waals surface area contributed by atoms with Gasteiger partial charge in [-0.05, 0) is 18.9 Å². The third kappa shape index (κ3) is 3.97. The number of aliphatic hydroxyl groups excluding tert-OH is 1. The lowest BCUT2D eigenvalue weighted by atomic mass is 9.97. The minimum atomic E-state index is -0.437. The molecule has 1 aromatic carbocycles. The van der Waals surface area contributed by atoms with E-state index in [0.717, 1.165) is 24.1 Å². The number of benzene rings is 1. The zero-order valence-corrected chi connectivity index (χ0v) is 11.1. The zero-order valence-electron chi connectivity index (χ0n) is 11.1. The van der Waals surface area contributed by atoms with Gasteiger partial charge in [-0.1, -0.05) is 50.5 Å². The predicted molar refractivity (Wildman–Crippen MR) is 73.8 cm³/mol. The summed E-state index contributed by atoms with van der Waals surface area (Å²) in [7, 11) is 1.75. The maximum absolute atomic E-state index is 10.2. The van der Waals surface area contributed by atoms with E-state index in [9.17, 15) is 5.11 Å². The van der Waals surface area contributed by atoms with E-state index in [1.165, 1.54) is 18.4 Å². The maximum atomic E-state index is 10.2. The number of aliphatic imine (C=N–C) groups is 1. The Hall–Kier alpha value is -1.15. The molecule has 1 N–H and O–H groups in total. The lowest BCUT2D eigenvalue weighted by molar-refractivity contribution is 0.226. The Morgan fingerprint density at radius 3 is 2.59 bits per heavy atom. The molecular formula is C15H23NO. The Morgan fingerprint density at radius 2 is 2.00 bits per heavy atom. The second-order valence-electron chi connectivity index (χ2n) is 4.44. The van der Waals surface area contributed by atoms with Crippen LogP contribution >= 0.6 is 0 Å². The third-order valence-corrected chi connectivity index (χ3v) is 3.06. The van der Waals surface area contributed by atoms with Crippen LogP contribution in [0.1, 0.15) is 43.7 Å². The lowest BCUT2D eigenvalue weighted by Crippen LogP contribution is -2.22. The van der Waals surface area contributed by atoms with E-state index in [1.807, 2.05) is 18.2 Å². The van der Waals surface area contributed by atoms with Crippen LogP contribution in [0, 0.1) is 6.92 Å². The molecule has 0 aliphatic rings. The summed E-state index contributed by atoms with van der Waals surface area (Å²) in [5.41, 5.74) is 3.06. The van der Waals surface area contributed by atoms with E-state index >= 15 is 0 Å². The Bertz CT molecular complexity index is 371. The molecule has 2 heteroatoms. The molecule has 0 amide bonds. The molecule has 0 saturated carbocycles. The van der Waals surface area contributed by atoms with Crippen LogP contribution in [-0.2, 0) is 0 Å². The van der Waals surface area contributed by atoms with E-state index in [0.29, 0.717) is 0 Å². The predicted octanol–water partition coefficient (Wildman–Crippen LogP) is 3.36. The fourth-order valence-electron chi connectivity index (χ4n) is 2.03. The molecule has 0 bridgehead atoms. The molecule has 0 radical (unpaired) electrons. The molecule has 2 nitrogen and oxygen atoms in total. The van der Waals surface area contributed by atoms with Crippen LogP contribution < -0.4 is 0 Å². The van der Waals surface area contributed by atoms with Crippen molar-refractivity contribution in [2.45, 2.75) is 45.6 Å². The van der Waals surface area contributed by atoms with E-state index in [-0.39, 0.29) is 0 Å². The molecule has 0 unspecified atom stereocenters. The standard InChI is InChI=1S/C15H23NO/c1-4-5-6-11-14(17)15(16-3)13-10-8-7-9-12(13)2/h7-10,14,17H,4-6,11H2,1-3H3/b16-15+/t14-/m1/s1. The molecule has 0 aliphatic carbocycles. The first-order chi connectivity index (χ1) is 8.20. The molecule has 94 valence electrons. The van der Waals surface area contributed by atoms with Gasteiger partial charge in [0.15, 0.2) is 0 Å². The van der Waals surface area contributed by atoms with Gasteiger partial charge in [0.25, 0.3) is 0 Å². The van der Waals surface area contributed by atoms with Crippen LogP contribution in [0.3, 0.4) is 0 Å². The van der Waals surface area contributed by atoms with Gasteiger partial charge in [-0.15, -0.1) is 0 Å². The van der Waals surface area contributed by atoms with Gasteiger partial charge in [-0.2, -0.15) is 0 Å². The van der Waals surface area contributed by atoms with Crippen molar-refractivity contribution in [1.82, 2.24) is 0 Å². The molecule has 1 aromatic rings. The Kier molecular flexibility index (Phi) is 5.92. The normalized spacial score (nSPS) is 13.8. The van der Waals surface area contributed by atoms with Gasteiger partial charge in [0.05, 0.1) is 11.8 Å². The average Bonchev–Trinajstić information content (AvgIpc) is 2.33. The molecule has 0 spiro atoms. The highest BCUT2D eigenvalue weighted by molar-refractivity contribution is 6.04. The van der Waals surface area contributed by atoms with E-state index in [1.54, 1.807) is 7.05 Å². The number of unbranched alkanes of at least 4 members (excludes halogenated alkanes) is 2. The van der Waals surface area contributed by atoms with Gasteiger partial charge in [-0.25, -0.2) is 0 Å². The van der Waals surface area contributed by atoms with E-state index < -0.39 is 6.10 Å². The van der Waals surface area contributed by atoms with Crippen molar-refractivity contribution in [3.05, 3.63) is 35.4 Å². The van der Waals surface area contributed by atoms with E-state index in [4.69, 9.17) is 0 Å². The summed E-state index contributed by atoms with van der Waals surface area (Å²) in [5, 5.41) is 10.2. The molecule has 0 aromatic heterocycles. The maximum Gasteiger partial charge on any atom is 0.0961 e. The molecule has 0 fully saturated rings. The number of hydrogen-bond acceptors (Lipinski definition) is 2. The summed E-state index contributed by atoms with van der Waals surface area (Å²) in [6.45, 7) is 4.22. The summed E-state index contributed by atoms with van der Waals surface area (Å²) in [4.78, 5) is 4.26. The molecule has 1 rings (SSSR count). The number of aliphatic hydroxyl groups is 1. The topological polar surface area (TPSA) is 32.6 Å². The molecule has 0 aliphatic heterocycles. The summed E-state index contributed by atoms with van der Waals surface area (Å²) in [5.74, 6) is 0. The first-order valence-electron chi connectivity index (χ1n) is 6.41. The highest BCUT2D eigenvalue weighted by Gasteiger charge is 2.15. The van der Waals surface area contributed by atoms with Crippen molar-refractivity contribution >= 4 is 5.71 Å². The Morgan fingerprint density at radius 1 is 1.29 bits per heavy atom. The molecule has 1 atom stereocenters. The van der Waals surface area contributed by atoms with Crippen LogP contribution in [0.2, 0.25) is 0 Å². The van der Waals surface area contributed by atoms with Crippen molar-refractivity contribution in [3.63, 3.8) is 0 Å². The molecule has 0 heterocycles. The third-order valence-electron chi connectivity index (χ3n) is 3.06.